The number of carbonyl (C=O) groups is 1. The standard InChI is InChI=1S/C13H14ClIN4O/c1-2-19-8-17-18-12(19)5-6-16-13(20)10-7-9(14)3-4-11(10)15/h3-4,7-8H,2,5-6H2,1H3,(H,16,20). The van der Waals surface area contributed by atoms with Crippen LogP contribution in [0.5, 0.6) is 0 Å². The highest BCUT2D eigenvalue weighted by atomic mass is 127. The van der Waals surface area contributed by atoms with Crippen molar-refractivity contribution >= 4 is 40.1 Å². The zero-order valence-corrected chi connectivity index (χ0v) is 13.8. The minimum atomic E-state index is -0.125. The molecule has 0 aliphatic heterocycles. The number of aryl methyl sites for hydroxylation is 1. The molecule has 0 unspecified atom stereocenters. The summed E-state index contributed by atoms with van der Waals surface area (Å²) in [6, 6.07) is 5.27. The number of halogens is 2. The van der Waals surface area contributed by atoms with E-state index in [1.165, 1.54) is 0 Å². The Morgan fingerprint density at radius 3 is 3.05 bits per heavy atom. The smallest absolute Gasteiger partial charge is 0.252 e. The fourth-order valence-corrected chi connectivity index (χ4v) is 2.54. The zero-order chi connectivity index (χ0) is 14.5. The zero-order valence-electron chi connectivity index (χ0n) is 10.9. The lowest BCUT2D eigenvalue weighted by molar-refractivity contribution is 0.0953. The van der Waals surface area contributed by atoms with Gasteiger partial charge in [0.1, 0.15) is 12.2 Å². The highest BCUT2D eigenvalue weighted by Gasteiger charge is 2.10. The van der Waals surface area contributed by atoms with Crippen LogP contribution in [0.15, 0.2) is 24.5 Å². The first-order valence-corrected chi connectivity index (χ1v) is 7.67. The Hall–Kier alpha value is -1.15. The lowest BCUT2D eigenvalue weighted by atomic mass is 10.2. The van der Waals surface area contributed by atoms with Gasteiger partial charge in [-0.2, -0.15) is 0 Å². The number of nitrogens with one attached hydrogen (secondary N) is 1. The Bertz CT molecular complexity index is 614. The largest absolute Gasteiger partial charge is 0.352 e. The lowest BCUT2D eigenvalue weighted by Crippen LogP contribution is -2.27. The molecule has 0 fully saturated rings. The third-order valence-electron chi connectivity index (χ3n) is 2.84. The van der Waals surface area contributed by atoms with Crippen molar-refractivity contribution in [3.05, 3.63) is 44.5 Å². The number of hydrogen-bond donors (Lipinski definition) is 1. The number of aromatic nitrogens is 3. The number of benzene rings is 1. The van der Waals surface area contributed by atoms with Gasteiger partial charge in [0.2, 0.25) is 0 Å². The molecule has 1 N–H and O–H groups in total. The van der Waals surface area contributed by atoms with Gasteiger partial charge in [-0.25, -0.2) is 0 Å². The van der Waals surface area contributed by atoms with Gasteiger partial charge in [0.15, 0.2) is 0 Å². The van der Waals surface area contributed by atoms with E-state index in [1.807, 2.05) is 17.6 Å². The van der Waals surface area contributed by atoms with E-state index in [1.54, 1.807) is 18.5 Å². The number of hydrogen-bond acceptors (Lipinski definition) is 3. The van der Waals surface area contributed by atoms with E-state index in [4.69, 9.17) is 11.6 Å². The minimum absolute atomic E-state index is 0.125. The van der Waals surface area contributed by atoms with E-state index in [2.05, 4.69) is 38.1 Å². The van der Waals surface area contributed by atoms with Crippen LogP contribution >= 0.6 is 34.2 Å². The quantitative estimate of drug-likeness (QED) is 0.779. The average molecular weight is 405 g/mol. The minimum Gasteiger partial charge on any atom is -0.352 e. The second kappa shape index (κ2) is 7.03. The summed E-state index contributed by atoms with van der Waals surface area (Å²) in [4.78, 5) is 12.1. The van der Waals surface area contributed by atoms with Gasteiger partial charge in [-0.05, 0) is 47.7 Å². The Labute approximate surface area is 135 Å². The maximum absolute atomic E-state index is 12.1. The first-order valence-electron chi connectivity index (χ1n) is 6.21. The van der Waals surface area contributed by atoms with Crippen LogP contribution in [0.2, 0.25) is 5.02 Å². The van der Waals surface area contributed by atoms with Crippen LogP contribution in [-0.2, 0) is 13.0 Å². The van der Waals surface area contributed by atoms with E-state index in [0.717, 1.165) is 15.9 Å². The molecule has 0 atom stereocenters. The fourth-order valence-electron chi connectivity index (χ4n) is 1.79. The van der Waals surface area contributed by atoms with Gasteiger partial charge in [0.05, 0.1) is 5.56 Å². The Balaban J connectivity index is 1.94. The number of amides is 1. The van der Waals surface area contributed by atoms with E-state index in [-0.39, 0.29) is 5.91 Å². The Morgan fingerprint density at radius 2 is 2.30 bits per heavy atom. The second-order valence-corrected chi connectivity index (χ2v) is 5.76. The summed E-state index contributed by atoms with van der Waals surface area (Å²) < 4.78 is 2.83. The van der Waals surface area contributed by atoms with Crippen LogP contribution in [-0.4, -0.2) is 27.2 Å². The Morgan fingerprint density at radius 1 is 1.50 bits per heavy atom. The molecule has 7 heteroatoms. The van der Waals surface area contributed by atoms with Crippen molar-refractivity contribution in [3.63, 3.8) is 0 Å². The first-order chi connectivity index (χ1) is 9.61. The van der Waals surface area contributed by atoms with E-state index in [0.29, 0.717) is 23.6 Å². The van der Waals surface area contributed by atoms with Gasteiger partial charge in [-0.1, -0.05) is 11.6 Å². The molecule has 0 radical (unpaired) electrons. The fraction of sp³-hybridized carbons (Fsp3) is 0.308. The summed E-state index contributed by atoms with van der Waals surface area (Å²) in [6.45, 7) is 3.36. The molecule has 0 bridgehead atoms. The van der Waals surface area contributed by atoms with Gasteiger partial charge in [0.25, 0.3) is 5.91 Å². The number of carbonyl (C=O) groups excluding carboxylic acids is 1. The van der Waals surface area contributed by atoms with Gasteiger partial charge >= 0.3 is 0 Å². The van der Waals surface area contributed by atoms with E-state index < -0.39 is 0 Å². The summed E-state index contributed by atoms with van der Waals surface area (Å²) in [7, 11) is 0. The summed E-state index contributed by atoms with van der Waals surface area (Å²) in [5.41, 5.74) is 0.593. The molecule has 20 heavy (non-hydrogen) atoms. The van der Waals surface area contributed by atoms with Crippen molar-refractivity contribution in [1.29, 1.82) is 0 Å². The van der Waals surface area contributed by atoms with Crippen LogP contribution < -0.4 is 5.32 Å². The van der Waals surface area contributed by atoms with Crippen molar-refractivity contribution in [2.75, 3.05) is 6.54 Å². The van der Waals surface area contributed by atoms with Crippen molar-refractivity contribution in [2.45, 2.75) is 19.9 Å². The molecule has 0 spiro atoms. The molecule has 2 rings (SSSR count). The van der Waals surface area contributed by atoms with Crippen LogP contribution in [0.25, 0.3) is 0 Å². The molecule has 5 nitrogen and oxygen atoms in total. The molecule has 0 aliphatic rings. The SMILES string of the molecule is CCn1cnnc1CCNC(=O)c1cc(Cl)ccc1I. The van der Waals surface area contributed by atoms with Gasteiger partial charge in [-0.15, -0.1) is 10.2 Å². The number of rotatable bonds is 5. The van der Waals surface area contributed by atoms with Crippen LogP contribution in [0.4, 0.5) is 0 Å². The van der Waals surface area contributed by atoms with Crippen LogP contribution in [0.1, 0.15) is 23.1 Å². The first kappa shape index (κ1) is 15.2. The molecule has 0 aliphatic carbocycles. The second-order valence-electron chi connectivity index (χ2n) is 4.16. The molecule has 1 aromatic heterocycles. The average Bonchev–Trinajstić information content (AvgIpc) is 2.89. The molecule has 1 aromatic carbocycles. The predicted octanol–water partition coefficient (Wildman–Crippen LogP) is 2.53. The Kier molecular flexibility index (Phi) is 5.36. The summed E-state index contributed by atoms with van der Waals surface area (Å²) >= 11 is 8.03. The molecule has 0 saturated carbocycles. The van der Waals surface area contributed by atoms with Gasteiger partial charge in [0, 0.05) is 28.1 Å². The van der Waals surface area contributed by atoms with Crippen molar-refractivity contribution in [2.24, 2.45) is 0 Å². The number of nitrogens with zero attached hydrogens (tertiary/aromatic N) is 3. The third-order valence-corrected chi connectivity index (χ3v) is 4.02. The topological polar surface area (TPSA) is 59.8 Å². The maximum atomic E-state index is 12.1. The van der Waals surface area contributed by atoms with Crippen molar-refractivity contribution in [1.82, 2.24) is 20.1 Å². The third kappa shape index (κ3) is 3.69. The monoisotopic (exact) mass is 404 g/mol. The molecular weight excluding hydrogens is 391 g/mol. The van der Waals surface area contributed by atoms with Gasteiger partial charge in [-0.3, -0.25) is 4.79 Å². The predicted molar refractivity (Wildman–Crippen MR) is 85.9 cm³/mol. The molecule has 1 heterocycles. The van der Waals surface area contributed by atoms with Crippen LogP contribution in [0, 0.1) is 3.57 Å². The van der Waals surface area contributed by atoms with Crippen molar-refractivity contribution < 1.29 is 4.79 Å². The highest BCUT2D eigenvalue weighted by molar-refractivity contribution is 14.1. The highest BCUT2D eigenvalue weighted by Crippen LogP contribution is 2.17. The summed E-state index contributed by atoms with van der Waals surface area (Å²) in [5.74, 6) is 0.744. The summed E-state index contributed by atoms with van der Waals surface area (Å²) in [6.07, 6.45) is 2.34. The molecule has 1 amide bonds. The summed E-state index contributed by atoms with van der Waals surface area (Å²) in [5, 5.41) is 11.3. The molecule has 106 valence electrons. The molecule has 2 aromatic rings. The lowest BCUT2D eigenvalue weighted by Gasteiger charge is -2.07. The van der Waals surface area contributed by atoms with E-state index >= 15 is 0 Å². The molecule has 0 saturated heterocycles. The molecular formula is C13H14ClIN4O. The van der Waals surface area contributed by atoms with Gasteiger partial charge < -0.3 is 9.88 Å². The van der Waals surface area contributed by atoms with Crippen molar-refractivity contribution in [3.8, 4) is 0 Å². The van der Waals surface area contributed by atoms with E-state index in [9.17, 15) is 4.79 Å². The van der Waals surface area contributed by atoms with Crippen LogP contribution in [0.3, 0.4) is 0 Å². The maximum Gasteiger partial charge on any atom is 0.252 e. The normalized spacial score (nSPS) is 10.6.